The van der Waals surface area contributed by atoms with Gasteiger partial charge in [0.15, 0.2) is 12.5 Å². The minimum Gasteiger partial charge on any atom is -0.388 e. The number of hydrogen-bond donors (Lipinski definition) is 6. The van der Waals surface area contributed by atoms with Crippen molar-refractivity contribution in [1.29, 1.82) is 0 Å². The lowest BCUT2D eigenvalue weighted by Crippen LogP contribution is -2.54. The van der Waals surface area contributed by atoms with E-state index in [2.05, 4.69) is 10.3 Å². The predicted octanol–water partition coefficient (Wildman–Crippen LogP) is 2.16. The number of aromatic amines is 1. The van der Waals surface area contributed by atoms with Crippen molar-refractivity contribution >= 4 is 49.5 Å². The highest BCUT2D eigenvalue weighted by Crippen LogP contribution is 2.47. The van der Waals surface area contributed by atoms with Crippen molar-refractivity contribution in [2.45, 2.75) is 43.8 Å². The van der Waals surface area contributed by atoms with Gasteiger partial charge in [-0.2, -0.15) is 0 Å². The van der Waals surface area contributed by atoms with Crippen LogP contribution in [0.15, 0.2) is 48.5 Å². The quantitative estimate of drug-likeness (QED) is 0.221. The van der Waals surface area contributed by atoms with Crippen LogP contribution in [0.4, 0.5) is 0 Å². The molecule has 35 heavy (non-hydrogen) atoms. The van der Waals surface area contributed by atoms with E-state index >= 15 is 0 Å². The molecule has 0 aliphatic carbocycles. The van der Waals surface area contributed by atoms with Gasteiger partial charge in [-0.1, -0.05) is 36.4 Å². The van der Waals surface area contributed by atoms with E-state index in [4.69, 9.17) is 4.74 Å². The van der Waals surface area contributed by atoms with E-state index < -0.39 is 36.9 Å². The Kier molecular flexibility index (Phi) is 4.19. The van der Waals surface area contributed by atoms with Gasteiger partial charge in [0, 0.05) is 32.6 Å². The van der Waals surface area contributed by atoms with E-state index in [-0.39, 0.29) is 5.91 Å². The van der Waals surface area contributed by atoms with Gasteiger partial charge in [0.05, 0.1) is 28.2 Å². The molecule has 1 saturated heterocycles. The van der Waals surface area contributed by atoms with Crippen LogP contribution in [-0.4, -0.2) is 60.3 Å². The Labute approximate surface area is 198 Å². The number of para-hydroxylation sites is 2. The molecule has 1 fully saturated rings. The van der Waals surface area contributed by atoms with E-state index in [9.17, 15) is 25.2 Å². The number of nitrogens with zero attached hydrogens (tertiary/aromatic N) is 1. The van der Waals surface area contributed by atoms with E-state index in [1.165, 1.54) is 0 Å². The molecule has 0 unspecified atom stereocenters. The third-order valence-electron chi connectivity index (χ3n) is 7.49. The van der Waals surface area contributed by atoms with E-state index in [1.54, 1.807) is 11.5 Å². The minimum absolute atomic E-state index is 0.374. The zero-order valence-corrected chi connectivity index (χ0v) is 18.6. The molecule has 178 valence electrons. The van der Waals surface area contributed by atoms with Crippen LogP contribution in [0.1, 0.15) is 35.3 Å². The van der Waals surface area contributed by atoms with Crippen LogP contribution >= 0.6 is 0 Å². The number of rotatable bonds is 1. The van der Waals surface area contributed by atoms with Crippen molar-refractivity contribution < 1.29 is 30.0 Å². The lowest BCUT2D eigenvalue weighted by atomic mass is 9.96. The van der Waals surface area contributed by atoms with Gasteiger partial charge in [-0.3, -0.25) is 4.79 Å². The van der Waals surface area contributed by atoms with Crippen LogP contribution < -0.4 is 5.32 Å². The zero-order chi connectivity index (χ0) is 24.2. The average Bonchev–Trinajstić information content (AvgIpc) is 3.49. The summed E-state index contributed by atoms with van der Waals surface area (Å²) >= 11 is 0. The maximum atomic E-state index is 13.2. The van der Waals surface area contributed by atoms with Crippen molar-refractivity contribution in [2.24, 2.45) is 0 Å². The van der Waals surface area contributed by atoms with E-state index in [1.807, 2.05) is 48.5 Å². The second kappa shape index (κ2) is 7.03. The number of ether oxygens (including phenoxy) is 1. The number of nitrogens with one attached hydrogen (secondary N) is 2. The fourth-order valence-electron chi connectivity index (χ4n) is 5.91. The first-order chi connectivity index (χ1) is 16.9. The van der Waals surface area contributed by atoms with Crippen molar-refractivity contribution in [2.75, 3.05) is 0 Å². The number of carbonyl (C=O) groups excluding carboxylic acids is 1. The van der Waals surface area contributed by atoms with Crippen molar-refractivity contribution in [1.82, 2.24) is 14.9 Å². The second-order valence-electron chi connectivity index (χ2n) is 9.40. The average molecular weight is 473 g/mol. The maximum Gasteiger partial charge on any atom is 0.254 e. The van der Waals surface area contributed by atoms with Gasteiger partial charge in [-0.15, -0.1) is 0 Å². The smallest absolute Gasteiger partial charge is 0.254 e. The minimum atomic E-state index is -1.42. The summed E-state index contributed by atoms with van der Waals surface area (Å²) in [4.78, 5) is 16.6. The normalized spacial score (nSPS) is 28.9. The number of hydrogen-bond acceptors (Lipinski definition) is 6. The number of aromatic nitrogens is 2. The first kappa shape index (κ1) is 20.9. The second-order valence-corrected chi connectivity index (χ2v) is 9.40. The number of H-pyrrole nitrogens is 1. The molecular weight excluding hydrogens is 450 g/mol. The lowest BCUT2D eigenvalue weighted by Gasteiger charge is -2.40. The molecule has 5 aromatic rings. The van der Waals surface area contributed by atoms with Crippen molar-refractivity contribution in [3.05, 3.63) is 59.7 Å². The third kappa shape index (κ3) is 2.56. The summed E-state index contributed by atoms with van der Waals surface area (Å²) in [6.45, 7) is 1.64. The molecule has 2 aliphatic heterocycles. The number of fused-ring (bicyclic) bond motifs is 10. The fourth-order valence-corrected chi connectivity index (χ4v) is 5.91. The standard InChI is InChI=1S/C26H23N3O6/c1-10-21(30)22(31)23(32)26(35-10)29-14-9-5-3-7-12(14)16-18-17(24(33)28-25(18)34)15-11-6-2-4-8-13(11)27-19(15)20(16)29/h2-10,21-24,26-27,30-33H,1H3,(H,28,34)/t10-,21-,22+,23+,24-,26+/m0/s1. The highest BCUT2D eigenvalue weighted by Gasteiger charge is 2.44. The molecular formula is C26H23N3O6. The molecule has 4 heterocycles. The molecule has 9 nitrogen and oxygen atoms in total. The Morgan fingerprint density at radius 2 is 1.60 bits per heavy atom. The zero-order valence-electron chi connectivity index (χ0n) is 18.6. The highest BCUT2D eigenvalue weighted by molar-refractivity contribution is 6.30. The van der Waals surface area contributed by atoms with Gasteiger partial charge in [0.2, 0.25) is 0 Å². The van der Waals surface area contributed by atoms with Crippen LogP contribution in [0, 0.1) is 0 Å². The van der Waals surface area contributed by atoms with Gasteiger partial charge in [0.25, 0.3) is 5.91 Å². The van der Waals surface area contributed by atoms with Crippen molar-refractivity contribution in [3.63, 3.8) is 0 Å². The number of carbonyl (C=O) groups is 1. The SMILES string of the molecule is C[C@@H]1O[C@@H](n2c3ccccc3c3c4c(c5c6ccccc6[nH]c5c32)[C@H](O)NC4=O)[C@H](O)[C@H](O)[C@H]1O. The van der Waals surface area contributed by atoms with E-state index in [0.29, 0.717) is 38.4 Å². The van der Waals surface area contributed by atoms with Crippen LogP contribution in [0.5, 0.6) is 0 Å². The lowest BCUT2D eigenvalue weighted by molar-refractivity contribution is -0.238. The summed E-state index contributed by atoms with van der Waals surface area (Å²) in [5.41, 5.74) is 3.68. The Hall–Kier alpha value is -3.47. The Balaban J connectivity index is 1.72. The molecule has 6 atom stereocenters. The van der Waals surface area contributed by atoms with E-state index in [0.717, 1.165) is 16.3 Å². The highest BCUT2D eigenvalue weighted by atomic mass is 16.5. The molecule has 7 rings (SSSR count). The maximum absolute atomic E-state index is 13.2. The molecule has 0 saturated carbocycles. The molecule has 1 amide bonds. The van der Waals surface area contributed by atoms with Gasteiger partial charge >= 0.3 is 0 Å². The molecule has 6 N–H and O–H groups in total. The summed E-state index contributed by atoms with van der Waals surface area (Å²) in [7, 11) is 0. The third-order valence-corrected chi connectivity index (χ3v) is 7.49. The molecule has 0 bridgehead atoms. The van der Waals surface area contributed by atoms with Gasteiger partial charge in [-0.25, -0.2) is 0 Å². The predicted molar refractivity (Wildman–Crippen MR) is 129 cm³/mol. The number of aliphatic hydroxyl groups is 4. The number of benzene rings is 3. The molecule has 0 radical (unpaired) electrons. The van der Waals surface area contributed by atoms with Crippen LogP contribution in [0.25, 0.3) is 43.6 Å². The number of amides is 1. The van der Waals surface area contributed by atoms with Gasteiger partial charge in [-0.05, 0) is 19.1 Å². The molecule has 0 spiro atoms. The molecule has 9 heteroatoms. The monoisotopic (exact) mass is 473 g/mol. The molecule has 3 aromatic carbocycles. The summed E-state index contributed by atoms with van der Waals surface area (Å²) in [6, 6.07) is 15.1. The molecule has 2 aromatic heterocycles. The summed E-state index contributed by atoms with van der Waals surface area (Å²) < 4.78 is 7.86. The Bertz CT molecular complexity index is 1690. The van der Waals surface area contributed by atoms with Crippen molar-refractivity contribution in [3.8, 4) is 0 Å². The first-order valence-corrected chi connectivity index (χ1v) is 11.6. The van der Waals surface area contributed by atoms with Crippen LogP contribution in [0.2, 0.25) is 0 Å². The summed E-state index contributed by atoms with van der Waals surface area (Å²) in [5, 5.41) is 48.3. The van der Waals surface area contributed by atoms with Gasteiger partial charge in [0.1, 0.15) is 18.3 Å². The Morgan fingerprint density at radius 1 is 0.886 bits per heavy atom. The fraction of sp³-hybridized carbons (Fsp3) is 0.269. The first-order valence-electron chi connectivity index (χ1n) is 11.6. The summed E-state index contributed by atoms with van der Waals surface area (Å²) in [6.07, 6.45) is -7.03. The largest absolute Gasteiger partial charge is 0.388 e. The Morgan fingerprint density at radius 3 is 2.40 bits per heavy atom. The van der Waals surface area contributed by atoms with Crippen LogP contribution in [-0.2, 0) is 4.74 Å². The van der Waals surface area contributed by atoms with Crippen LogP contribution in [0.3, 0.4) is 0 Å². The molecule has 2 aliphatic rings. The number of aliphatic hydroxyl groups excluding tert-OH is 4. The van der Waals surface area contributed by atoms with Gasteiger partial charge < -0.3 is 40.0 Å². The topological polar surface area (TPSA) is 140 Å². The summed E-state index contributed by atoms with van der Waals surface area (Å²) in [5.74, 6) is -0.387.